The fraction of sp³-hybridized carbons (Fsp3) is 0.250. The van der Waals surface area contributed by atoms with Gasteiger partial charge in [-0.2, -0.15) is 0 Å². The smallest absolute Gasteiger partial charge is 0.207 e. The third-order valence-electron chi connectivity index (χ3n) is 3.29. The van der Waals surface area contributed by atoms with Gasteiger partial charge < -0.3 is 0 Å². The maximum absolute atomic E-state index is 12.5. The lowest BCUT2D eigenvalue weighted by Gasteiger charge is -2.16. The van der Waals surface area contributed by atoms with E-state index in [1.165, 1.54) is 0 Å². The maximum atomic E-state index is 12.5. The van der Waals surface area contributed by atoms with Gasteiger partial charge in [-0.3, -0.25) is 0 Å². The minimum atomic E-state index is -3.56. The van der Waals surface area contributed by atoms with Crippen molar-refractivity contribution in [1.82, 2.24) is 4.72 Å². The number of hydrogen-bond acceptors (Lipinski definition) is 2. The van der Waals surface area contributed by atoms with Crippen molar-refractivity contribution in [2.75, 3.05) is 0 Å². The number of hydrogen-bond donors (Lipinski definition) is 1. The fourth-order valence-corrected chi connectivity index (χ4v) is 4.47. The second-order valence-electron chi connectivity index (χ2n) is 5.19. The Morgan fingerprint density at radius 2 is 1.57 bits per heavy atom. The third kappa shape index (κ3) is 3.93. The van der Waals surface area contributed by atoms with E-state index in [1.54, 1.807) is 18.2 Å². The molecule has 1 N–H and O–H groups in total. The van der Waals surface area contributed by atoms with Crippen LogP contribution in [0.3, 0.4) is 0 Å². The van der Waals surface area contributed by atoms with Gasteiger partial charge in [-0.05, 0) is 60.0 Å². The number of aryl methyl sites for hydroxylation is 2. The summed E-state index contributed by atoms with van der Waals surface area (Å²) >= 11 is 3.32. The quantitative estimate of drug-likeness (QED) is 0.883. The van der Waals surface area contributed by atoms with Gasteiger partial charge in [-0.15, -0.1) is 0 Å². The van der Waals surface area contributed by atoms with E-state index in [9.17, 15) is 8.42 Å². The van der Waals surface area contributed by atoms with Crippen molar-refractivity contribution in [1.29, 1.82) is 0 Å². The Bertz CT molecular complexity index is 739. The van der Waals surface area contributed by atoms with Crippen molar-refractivity contribution in [3.63, 3.8) is 0 Å². The first-order valence-electron chi connectivity index (χ1n) is 6.64. The zero-order valence-corrected chi connectivity index (χ0v) is 14.6. The highest BCUT2D eigenvalue weighted by Crippen LogP contribution is 2.25. The Kier molecular flexibility index (Phi) is 4.86. The van der Waals surface area contributed by atoms with Crippen LogP contribution in [-0.2, 0) is 10.0 Å². The van der Waals surface area contributed by atoms with Gasteiger partial charge in [-0.1, -0.05) is 35.9 Å². The highest BCUT2D eigenvalue weighted by molar-refractivity contribution is 9.10. The van der Waals surface area contributed by atoms with Crippen LogP contribution in [0.1, 0.15) is 29.7 Å². The summed E-state index contributed by atoms with van der Waals surface area (Å²) in [5.74, 6) is 0. The number of sulfonamides is 1. The molecule has 0 aromatic heterocycles. The summed E-state index contributed by atoms with van der Waals surface area (Å²) in [5.41, 5.74) is 3.09. The van der Waals surface area contributed by atoms with E-state index in [0.29, 0.717) is 4.47 Å². The monoisotopic (exact) mass is 367 g/mol. The molecule has 0 aliphatic heterocycles. The Hall–Kier alpha value is -1.17. The van der Waals surface area contributed by atoms with Crippen LogP contribution in [-0.4, -0.2) is 8.42 Å². The number of benzene rings is 2. The first-order chi connectivity index (χ1) is 9.79. The van der Waals surface area contributed by atoms with Crippen LogP contribution >= 0.6 is 15.9 Å². The van der Waals surface area contributed by atoms with E-state index >= 15 is 0 Å². The molecule has 0 aliphatic carbocycles. The Morgan fingerprint density at radius 1 is 1.00 bits per heavy atom. The summed E-state index contributed by atoms with van der Waals surface area (Å²) < 4.78 is 28.2. The SMILES string of the molecule is Cc1ccc(C(C)NS(=O)(=O)c2ccc(C)cc2Br)cc1. The Balaban J connectivity index is 2.26. The van der Waals surface area contributed by atoms with E-state index in [2.05, 4.69) is 20.7 Å². The van der Waals surface area contributed by atoms with E-state index in [1.807, 2.05) is 45.0 Å². The highest BCUT2D eigenvalue weighted by Gasteiger charge is 2.20. The molecule has 0 spiro atoms. The van der Waals surface area contributed by atoms with Crippen molar-refractivity contribution >= 4 is 26.0 Å². The summed E-state index contributed by atoms with van der Waals surface area (Å²) in [6, 6.07) is 12.7. The van der Waals surface area contributed by atoms with Crippen LogP contribution in [0, 0.1) is 13.8 Å². The molecule has 5 heteroatoms. The van der Waals surface area contributed by atoms with E-state index in [0.717, 1.165) is 16.7 Å². The molecule has 0 heterocycles. The minimum absolute atomic E-state index is 0.257. The number of nitrogens with one attached hydrogen (secondary N) is 1. The molecule has 0 aliphatic rings. The molecular weight excluding hydrogens is 350 g/mol. The molecule has 2 rings (SSSR count). The first-order valence-corrected chi connectivity index (χ1v) is 8.92. The van der Waals surface area contributed by atoms with Crippen LogP contribution in [0.4, 0.5) is 0 Å². The second kappa shape index (κ2) is 6.30. The molecule has 0 fully saturated rings. The van der Waals surface area contributed by atoms with Gasteiger partial charge >= 0.3 is 0 Å². The van der Waals surface area contributed by atoms with Gasteiger partial charge in [0.05, 0.1) is 4.90 Å². The Morgan fingerprint density at radius 3 is 2.14 bits per heavy atom. The molecule has 2 aromatic carbocycles. The lowest BCUT2D eigenvalue weighted by Crippen LogP contribution is -2.27. The predicted octanol–water partition coefficient (Wildman–Crippen LogP) is 4.11. The normalized spacial score (nSPS) is 13.1. The van der Waals surface area contributed by atoms with Gasteiger partial charge in [0.15, 0.2) is 0 Å². The van der Waals surface area contributed by atoms with Crippen molar-refractivity contribution < 1.29 is 8.42 Å². The van der Waals surface area contributed by atoms with Crippen molar-refractivity contribution in [3.8, 4) is 0 Å². The zero-order valence-electron chi connectivity index (χ0n) is 12.2. The van der Waals surface area contributed by atoms with Crippen LogP contribution in [0.5, 0.6) is 0 Å². The average molecular weight is 368 g/mol. The molecule has 2 aromatic rings. The standard InChI is InChI=1S/C16H18BrNO2S/c1-11-4-7-14(8-5-11)13(3)18-21(19,20)16-9-6-12(2)10-15(16)17/h4-10,13,18H,1-3H3. The van der Waals surface area contributed by atoms with Gasteiger partial charge in [0.25, 0.3) is 0 Å². The molecule has 1 atom stereocenters. The van der Waals surface area contributed by atoms with Crippen LogP contribution in [0.2, 0.25) is 0 Å². The summed E-state index contributed by atoms with van der Waals surface area (Å²) in [4.78, 5) is 0.257. The predicted molar refractivity (Wildman–Crippen MR) is 88.8 cm³/mol. The van der Waals surface area contributed by atoms with Gasteiger partial charge in [0.2, 0.25) is 10.0 Å². The molecule has 0 saturated heterocycles. The van der Waals surface area contributed by atoms with E-state index < -0.39 is 10.0 Å². The summed E-state index contributed by atoms with van der Waals surface area (Å²) in [6.07, 6.45) is 0. The van der Waals surface area contributed by atoms with Crippen molar-refractivity contribution in [2.24, 2.45) is 0 Å². The van der Waals surface area contributed by atoms with Crippen LogP contribution in [0.25, 0.3) is 0 Å². The van der Waals surface area contributed by atoms with Gasteiger partial charge in [-0.25, -0.2) is 13.1 Å². The van der Waals surface area contributed by atoms with Crippen molar-refractivity contribution in [2.45, 2.75) is 31.7 Å². The van der Waals surface area contributed by atoms with Crippen LogP contribution in [0.15, 0.2) is 51.8 Å². The minimum Gasteiger partial charge on any atom is -0.207 e. The molecule has 112 valence electrons. The number of halogens is 1. The van der Waals surface area contributed by atoms with Gasteiger partial charge in [0.1, 0.15) is 0 Å². The largest absolute Gasteiger partial charge is 0.242 e. The fourth-order valence-electron chi connectivity index (χ4n) is 2.04. The molecule has 1 unspecified atom stereocenters. The average Bonchev–Trinajstić information content (AvgIpc) is 2.38. The third-order valence-corrected chi connectivity index (χ3v) is 5.80. The van der Waals surface area contributed by atoms with Crippen LogP contribution < -0.4 is 4.72 Å². The zero-order chi connectivity index (χ0) is 15.6. The summed E-state index contributed by atoms with van der Waals surface area (Å²) in [7, 11) is -3.56. The first kappa shape index (κ1) is 16.2. The Labute approximate surface area is 134 Å². The molecule has 21 heavy (non-hydrogen) atoms. The summed E-state index contributed by atoms with van der Waals surface area (Å²) in [6.45, 7) is 5.76. The number of rotatable bonds is 4. The molecular formula is C16H18BrNO2S. The van der Waals surface area contributed by atoms with E-state index in [-0.39, 0.29) is 10.9 Å². The molecule has 0 saturated carbocycles. The maximum Gasteiger partial charge on any atom is 0.242 e. The van der Waals surface area contributed by atoms with Gasteiger partial charge in [0, 0.05) is 10.5 Å². The lowest BCUT2D eigenvalue weighted by molar-refractivity contribution is 0.566. The van der Waals surface area contributed by atoms with E-state index in [4.69, 9.17) is 0 Å². The second-order valence-corrected chi connectivity index (χ2v) is 7.72. The summed E-state index contributed by atoms with van der Waals surface area (Å²) in [5, 5.41) is 0. The molecule has 0 radical (unpaired) electrons. The molecule has 0 bridgehead atoms. The molecule has 0 amide bonds. The molecule has 3 nitrogen and oxygen atoms in total. The lowest BCUT2D eigenvalue weighted by atomic mass is 10.1. The highest BCUT2D eigenvalue weighted by atomic mass is 79.9. The topological polar surface area (TPSA) is 46.2 Å². The van der Waals surface area contributed by atoms with Crippen molar-refractivity contribution in [3.05, 3.63) is 63.6 Å².